The average molecular weight is 415 g/mol. The number of hydrogen-bond acceptors (Lipinski definition) is 5. The van der Waals surface area contributed by atoms with Crippen LogP contribution in [0, 0.1) is 5.92 Å². The van der Waals surface area contributed by atoms with Crippen LogP contribution >= 0.6 is 0 Å². The predicted octanol–water partition coefficient (Wildman–Crippen LogP) is 2.08. The summed E-state index contributed by atoms with van der Waals surface area (Å²) in [4.78, 5) is 54.5. The van der Waals surface area contributed by atoms with Crippen molar-refractivity contribution in [3.63, 3.8) is 0 Å². The Morgan fingerprint density at radius 1 is 1.20 bits per heavy atom. The van der Waals surface area contributed by atoms with E-state index in [1.165, 1.54) is 9.80 Å². The fraction of sp³-hybridized carbons (Fsp3) is 0.545. The maximum Gasteiger partial charge on any atom is 0.354 e. The zero-order valence-corrected chi connectivity index (χ0v) is 17.9. The topological polar surface area (TPSA) is 96.0 Å². The second-order valence-corrected chi connectivity index (χ2v) is 8.33. The van der Waals surface area contributed by atoms with Crippen molar-refractivity contribution in [1.82, 2.24) is 10.2 Å². The zero-order chi connectivity index (χ0) is 22.1. The number of fused-ring (bicyclic) bond motifs is 3. The van der Waals surface area contributed by atoms with Gasteiger partial charge < -0.3 is 15.0 Å². The molecule has 0 unspecified atom stereocenters. The Balaban J connectivity index is 1.97. The molecule has 3 rings (SSSR count). The smallest absolute Gasteiger partial charge is 0.354 e. The number of carbonyl (C=O) groups excluding carboxylic acids is 4. The van der Waals surface area contributed by atoms with Crippen LogP contribution in [-0.4, -0.2) is 53.4 Å². The number of amides is 3. The quantitative estimate of drug-likeness (QED) is 0.688. The van der Waals surface area contributed by atoms with Crippen molar-refractivity contribution in [2.45, 2.75) is 58.7 Å². The number of esters is 1. The number of benzene rings is 1. The van der Waals surface area contributed by atoms with Crippen molar-refractivity contribution in [2.24, 2.45) is 5.92 Å². The highest BCUT2D eigenvalue weighted by molar-refractivity contribution is 6.15. The Hall–Kier alpha value is -2.90. The summed E-state index contributed by atoms with van der Waals surface area (Å²) in [5.74, 6) is -1.66. The van der Waals surface area contributed by atoms with E-state index in [0.717, 1.165) is 6.42 Å². The van der Waals surface area contributed by atoms with Crippen molar-refractivity contribution < 1.29 is 23.9 Å². The first kappa shape index (κ1) is 21.8. The van der Waals surface area contributed by atoms with Crippen LogP contribution in [-0.2, 0) is 19.1 Å². The summed E-state index contributed by atoms with van der Waals surface area (Å²) < 4.78 is 5.38. The maximum atomic E-state index is 13.4. The minimum atomic E-state index is -1.57. The molecule has 8 heteroatoms. The van der Waals surface area contributed by atoms with Gasteiger partial charge in [0.2, 0.25) is 11.6 Å². The third kappa shape index (κ3) is 3.66. The minimum absolute atomic E-state index is 0.0421. The first-order valence-electron chi connectivity index (χ1n) is 10.4. The second-order valence-electron chi connectivity index (χ2n) is 8.33. The summed E-state index contributed by atoms with van der Waals surface area (Å²) in [6.07, 6.45) is 0.994. The van der Waals surface area contributed by atoms with E-state index in [-0.39, 0.29) is 43.2 Å². The Labute approximate surface area is 176 Å². The van der Waals surface area contributed by atoms with Gasteiger partial charge in [0.25, 0.3) is 11.8 Å². The molecule has 30 heavy (non-hydrogen) atoms. The molecule has 2 atom stereocenters. The molecular formula is C22H29N3O5. The van der Waals surface area contributed by atoms with Crippen LogP contribution in [0.3, 0.4) is 0 Å². The number of hydrogen-bond donors (Lipinski definition) is 1. The molecule has 1 saturated heterocycles. The van der Waals surface area contributed by atoms with E-state index in [1.807, 2.05) is 27.7 Å². The van der Waals surface area contributed by atoms with Crippen LogP contribution in [0.1, 0.15) is 57.3 Å². The molecular weight excluding hydrogens is 386 g/mol. The minimum Gasteiger partial charge on any atom is -0.452 e. The number of nitrogens with one attached hydrogen (secondary N) is 1. The highest BCUT2D eigenvalue weighted by Gasteiger charge is 2.62. The van der Waals surface area contributed by atoms with Gasteiger partial charge >= 0.3 is 5.97 Å². The third-order valence-corrected chi connectivity index (χ3v) is 5.60. The van der Waals surface area contributed by atoms with Crippen LogP contribution < -0.4 is 10.2 Å². The SMILES string of the molecule is CC[C@@H](C)NC(=O)COC(=O)[C@@]12CCC(=O)N1c1ccccc1C(=O)N2CC(C)C. The molecule has 8 nitrogen and oxygen atoms in total. The molecule has 0 radical (unpaired) electrons. The molecule has 2 aliphatic heterocycles. The maximum absolute atomic E-state index is 13.4. The van der Waals surface area contributed by atoms with E-state index in [1.54, 1.807) is 24.3 Å². The molecule has 0 aromatic heterocycles. The first-order chi connectivity index (χ1) is 14.2. The van der Waals surface area contributed by atoms with E-state index in [2.05, 4.69) is 5.32 Å². The lowest BCUT2D eigenvalue weighted by Gasteiger charge is -2.48. The standard InChI is InChI=1S/C22H29N3O5/c1-5-15(4)23-18(26)13-30-21(29)22-11-10-19(27)25(22)17-9-7-6-8-16(17)20(28)24(22)12-14(2)3/h6-9,14-15H,5,10-13H2,1-4H3,(H,23,26)/t15-,22-/m1/s1. The van der Waals surface area contributed by atoms with Gasteiger partial charge in [0.1, 0.15) is 0 Å². The van der Waals surface area contributed by atoms with Crippen LogP contribution in [0.5, 0.6) is 0 Å². The van der Waals surface area contributed by atoms with Gasteiger partial charge in [-0.1, -0.05) is 32.9 Å². The summed E-state index contributed by atoms with van der Waals surface area (Å²) in [6.45, 7) is 7.49. The molecule has 1 aromatic carbocycles. The van der Waals surface area contributed by atoms with Crippen molar-refractivity contribution in [1.29, 1.82) is 0 Å². The Morgan fingerprint density at radius 2 is 1.90 bits per heavy atom. The number of ether oxygens (including phenoxy) is 1. The number of anilines is 1. The van der Waals surface area contributed by atoms with Crippen molar-refractivity contribution in [3.8, 4) is 0 Å². The van der Waals surface area contributed by atoms with Gasteiger partial charge in [0.15, 0.2) is 6.61 Å². The summed E-state index contributed by atoms with van der Waals surface area (Å²) in [5, 5.41) is 2.74. The van der Waals surface area contributed by atoms with E-state index in [4.69, 9.17) is 4.74 Å². The van der Waals surface area contributed by atoms with Gasteiger partial charge in [0, 0.05) is 25.4 Å². The molecule has 1 aromatic rings. The second kappa shape index (κ2) is 8.45. The van der Waals surface area contributed by atoms with Gasteiger partial charge in [-0.2, -0.15) is 0 Å². The summed E-state index contributed by atoms with van der Waals surface area (Å²) >= 11 is 0. The first-order valence-corrected chi connectivity index (χ1v) is 10.4. The van der Waals surface area contributed by atoms with Crippen molar-refractivity contribution in [2.75, 3.05) is 18.1 Å². The zero-order valence-electron chi connectivity index (χ0n) is 17.9. The highest BCUT2D eigenvalue weighted by Crippen LogP contribution is 2.45. The van der Waals surface area contributed by atoms with Gasteiger partial charge in [-0.15, -0.1) is 0 Å². The van der Waals surface area contributed by atoms with Crippen LogP contribution in [0.4, 0.5) is 5.69 Å². The molecule has 0 spiro atoms. The fourth-order valence-electron chi connectivity index (χ4n) is 4.03. The highest BCUT2D eigenvalue weighted by atomic mass is 16.5. The van der Waals surface area contributed by atoms with Gasteiger partial charge in [-0.05, 0) is 31.4 Å². The Morgan fingerprint density at radius 3 is 2.57 bits per heavy atom. The summed E-state index contributed by atoms with van der Waals surface area (Å²) in [5.41, 5.74) is -0.777. The van der Waals surface area contributed by atoms with Gasteiger partial charge in [-0.3, -0.25) is 19.3 Å². The molecule has 0 aliphatic carbocycles. The number of para-hydroxylation sites is 1. The van der Waals surface area contributed by atoms with E-state index in [9.17, 15) is 19.2 Å². The summed E-state index contributed by atoms with van der Waals surface area (Å²) in [6, 6.07) is 6.74. The van der Waals surface area contributed by atoms with Crippen LogP contribution in [0.15, 0.2) is 24.3 Å². The van der Waals surface area contributed by atoms with Crippen LogP contribution in [0.2, 0.25) is 0 Å². The molecule has 0 saturated carbocycles. The molecule has 2 heterocycles. The fourth-order valence-corrected chi connectivity index (χ4v) is 4.03. The van der Waals surface area contributed by atoms with E-state index in [0.29, 0.717) is 11.3 Å². The lowest BCUT2D eigenvalue weighted by molar-refractivity contribution is -0.160. The normalized spacial score (nSPS) is 21.4. The van der Waals surface area contributed by atoms with Crippen molar-refractivity contribution >= 4 is 29.4 Å². The Kier molecular flexibility index (Phi) is 6.14. The third-order valence-electron chi connectivity index (χ3n) is 5.60. The van der Waals surface area contributed by atoms with E-state index >= 15 is 0 Å². The number of nitrogens with zero attached hydrogens (tertiary/aromatic N) is 2. The predicted molar refractivity (Wildman–Crippen MR) is 111 cm³/mol. The average Bonchev–Trinajstić information content (AvgIpc) is 3.07. The molecule has 2 aliphatic rings. The summed E-state index contributed by atoms with van der Waals surface area (Å²) in [7, 11) is 0. The Bertz CT molecular complexity index is 868. The number of rotatable bonds is 7. The molecule has 1 fully saturated rings. The van der Waals surface area contributed by atoms with Gasteiger partial charge in [-0.25, -0.2) is 4.79 Å². The monoisotopic (exact) mass is 415 g/mol. The molecule has 0 bridgehead atoms. The molecule has 3 amide bonds. The molecule has 1 N–H and O–H groups in total. The molecule has 162 valence electrons. The van der Waals surface area contributed by atoms with Crippen molar-refractivity contribution in [3.05, 3.63) is 29.8 Å². The lowest BCUT2D eigenvalue weighted by Crippen LogP contribution is -2.69. The number of carbonyl (C=O) groups is 4. The largest absolute Gasteiger partial charge is 0.452 e. The van der Waals surface area contributed by atoms with E-state index < -0.39 is 24.1 Å². The van der Waals surface area contributed by atoms with Gasteiger partial charge in [0.05, 0.1) is 11.3 Å². The lowest BCUT2D eigenvalue weighted by atomic mass is 9.95. The van der Waals surface area contributed by atoms with Crippen LogP contribution in [0.25, 0.3) is 0 Å².